The molecule has 3 nitrogen and oxygen atoms in total. The van der Waals surface area contributed by atoms with Crippen molar-refractivity contribution >= 4 is 11.3 Å². The number of nitrogens with zero attached hydrogens (tertiary/aromatic N) is 3. The van der Waals surface area contributed by atoms with Crippen LogP contribution in [0.2, 0.25) is 0 Å². The highest BCUT2D eigenvalue weighted by molar-refractivity contribution is 7.11. The standard InChI is InChI=1S/C12H19N3S/c1-10-13-7-12(16-10)9-14-5-6-15-4-2-3-11(15)8-14/h7,11H,2-6,8-9H2,1H3. The van der Waals surface area contributed by atoms with E-state index in [0.717, 1.165) is 12.6 Å². The molecule has 0 aromatic carbocycles. The summed E-state index contributed by atoms with van der Waals surface area (Å²) in [5.74, 6) is 0. The van der Waals surface area contributed by atoms with Gasteiger partial charge in [-0.3, -0.25) is 9.80 Å². The van der Waals surface area contributed by atoms with Crippen molar-refractivity contribution in [3.05, 3.63) is 16.1 Å². The molecule has 88 valence electrons. The summed E-state index contributed by atoms with van der Waals surface area (Å²) in [5, 5.41) is 1.19. The zero-order valence-corrected chi connectivity index (χ0v) is 10.7. The third-order valence-electron chi connectivity index (χ3n) is 3.72. The maximum atomic E-state index is 4.33. The molecule has 1 unspecified atom stereocenters. The molecule has 2 fully saturated rings. The van der Waals surface area contributed by atoms with E-state index < -0.39 is 0 Å². The molecular weight excluding hydrogens is 218 g/mol. The Morgan fingerprint density at radius 3 is 3.19 bits per heavy atom. The van der Waals surface area contributed by atoms with Crippen LogP contribution >= 0.6 is 11.3 Å². The van der Waals surface area contributed by atoms with Gasteiger partial charge in [0.2, 0.25) is 0 Å². The first-order chi connectivity index (χ1) is 7.81. The Balaban J connectivity index is 1.60. The number of aromatic nitrogens is 1. The van der Waals surface area contributed by atoms with Gasteiger partial charge in [-0.05, 0) is 26.3 Å². The minimum Gasteiger partial charge on any atom is -0.298 e. The smallest absolute Gasteiger partial charge is 0.0897 e. The fourth-order valence-electron chi connectivity index (χ4n) is 2.90. The molecule has 0 saturated carbocycles. The second-order valence-corrected chi connectivity index (χ2v) is 6.23. The summed E-state index contributed by atoms with van der Waals surface area (Å²) in [5.41, 5.74) is 0. The molecule has 2 saturated heterocycles. The van der Waals surface area contributed by atoms with Crippen molar-refractivity contribution in [2.24, 2.45) is 0 Å². The van der Waals surface area contributed by atoms with Crippen molar-refractivity contribution in [1.82, 2.24) is 14.8 Å². The number of thiazole rings is 1. The van der Waals surface area contributed by atoms with Crippen LogP contribution in [0.5, 0.6) is 0 Å². The summed E-state index contributed by atoms with van der Waals surface area (Å²) in [6.45, 7) is 8.28. The summed E-state index contributed by atoms with van der Waals surface area (Å²) < 4.78 is 0. The zero-order chi connectivity index (χ0) is 11.0. The van der Waals surface area contributed by atoms with Gasteiger partial charge in [0, 0.05) is 43.3 Å². The van der Waals surface area contributed by atoms with Gasteiger partial charge in [0.25, 0.3) is 0 Å². The second kappa shape index (κ2) is 4.43. The first kappa shape index (κ1) is 10.7. The molecule has 0 aliphatic carbocycles. The monoisotopic (exact) mass is 237 g/mol. The average Bonchev–Trinajstić information content (AvgIpc) is 2.87. The van der Waals surface area contributed by atoms with Crippen molar-refractivity contribution in [2.75, 3.05) is 26.2 Å². The summed E-state index contributed by atoms with van der Waals surface area (Å²) in [7, 11) is 0. The van der Waals surface area contributed by atoms with Crippen molar-refractivity contribution in [3.8, 4) is 0 Å². The molecule has 1 aromatic heterocycles. The topological polar surface area (TPSA) is 19.4 Å². The van der Waals surface area contributed by atoms with Crippen LogP contribution < -0.4 is 0 Å². The molecule has 2 aliphatic heterocycles. The van der Waals surface area contributed by atoms with Crippen LogP contribution in [0.1, 0.15) is 22.7 Å². The minimum absolute atomic E-state index is 0.836. The Hall–Kier alpha value is -0.450. The van der Waals surface area contributed by atoms with E-state index in [0.29, 0.717) is 0 Å². The van der Waals surface area contributed by atoms with Gasteiger partial charge in [-0.1, -0.05) is 0 Å². The molecule has 4 heteroatoms. The van der Waals surface area contributed by atoms with Crippen LogP contribution in [0.4, 0.5) is 0 Å². The number of rotatable bonds is 2. The Kier molecular flexibility index (Phi) is 2.96. The quantitative estimate of drug-likeness (QED) is 0.781. The SMILES string of the molecule is Cc1ncc(CN2CCN3CCCC3C2)s1. The molecule has 1 atom stereocenters. The summed E-state index contributed by atoms with van der Waals surface area (Å²) in [6.07, 6.45) is 4.84. The van der Waals surface area contributed by atoms with Crippen molar-refractivity contribution < 1.29 is 0 Å². The lowest BCUT2D eigenvalue weighted by molar-refractivity contribution is 0.100. The Morgan fingerprint density at radius 2 is 2.38 bits per heavy atom. The second-order valence-electron chi connectivity index (χ2n) is 4.91. The highest BCUT2D eigenvalue weighted by Gasteiger charge is 2.30. The zero-order valence-electron chi connectivity index (χ0n) is 9.85. The van der Waals surface area contributed by atoms with E-state index in [1.807, 2.05) is 17.5 Å². The van der Waals surface area contributed by atoms with Gasteiger partial charge in [-0.15, -0.1) is 11.3 Å². The highest BCUT2D eigenvalue weighted by Crippen LogP contribution is 2.23. The number of hydrogen-bond acceptors (Lipinski definition) is 4. The lowest BCUT2D eigenvalue weighted by Gasteiger charge is -2.37. The summed E-state index contributed by atoms with van der Waals surface area (Å²) >= 11 is 1.84. The van der Waals surface area contributed by atoms with Crippen molar-refractivity contribution in [2.45, 2.75) is 32.4 Å². The predicted molar refractivity (Wildman–Crippen MR) is 66.7 cm³/mol. The third kappa shape index (κ3) is 2.14. The molecule has 0 bridgehead atoms. The van der Waals surface area contributed by atoms with Gasteiger partial charge in [-0.2, -0.15) is 0 Å². The number of fused-ring (bicyclic) bond motifs is 1. The van der Waals surface area contributed by atoms with Gasteiger partial charge in [0.15, 0.2) is 0 Å². The van der Waals surface area contributed by atoms with E-state index in [4.69, 9.17) is 0 Å². The highest BCUT2D eigenvalue weighted by atomic mass is 32.1. The van der Waals surface area contributed by atoms with Crippen LogP contribution in [-0.4, -0.2) is 47.0 Å². The van der Waals surface area contributed by atoms with Crippen molar-refractivity contribution in [3.63, 3.8) is 0 Å². The van der Waals surface area contributed by atoms with Gasteiger partial charge in [0.05, 0.1) is 5.01 Å². The van der Waals surface area contributed by atoms with Crippen molar-refractivity contribution in [1.29, 1.82) is 0 Å². The Labute approximate surface area is 101 Å². The first-order valence-electron chi connectivity index (χ1n) is 6.19. The van der Waals surface area contributed by atoms with Crippen LogP contribution in [-0.2, 0) is 6.54 Å². The first-order valence-corrected chi connectivity index (χ1v) is 7.00. The maximum absolute atomic E-state index is 4.33. The Morgan fingerprint density at radius 1 is 1.44 bits per heavy atom. The van der Waals surface area contributed by atoms with E-state index in [-0.39, 0.29) is 0 Å². The van der Waals surface area contributed by atoms with Gasteiger partial charge in [0.1, 0.15) is 0 Å². The molecular formula is C12H19N3S. The largest absolute Gasteiger partial charge is 0.298 e. The molecule has 3 rings (SSSR count). The molecule has 1 aromatic rings. The van der Waals surface area contributed by atoms with Gasteiger partial charge >= 0.3 is 0 Å². The fourth-order valence-corrected chi connectivity index (χ4v) is 3.74. The predicted octanol–water partition coefficient (Wildman–Crippen LogP) is 1.73. The lowest BCUT2D eigenvalue weighted by atomic mass is 10.1. The third-order valence-corrected chi connectivity index (χ3v) is 4.62. The minimum atomic E-state index is 0.836. The van der Waals surface area contributed by atoms with E-state index in [1.165, 1.54) is 48.9 Å². The maximum Gasteiger partial charge on any atom is 0.0897 e. The molecule has 3 heterocycles. The van der Waals surface area contributed by atoms with E-state index in [9.17, 15) is 0 Å². The van der Waals surface area contributed by atoms with Crippen LogP contribution in [0.3, 0.4) is 0 Å². The molecule has 0 radical (unpaired) electrons. The van der Waals surface area contributed by atoms with E-state index in [1.54, 1.807) is 0 Å². The number of hydrogen-bond donors (Lipinski definition) is 0. The number of piperazine rings is 1. The normalized spacial score (nSPS) is 27.2. The molecule has 0 N–H and O–H groups in total. The Bertz CT molecular complexity index is 363. The lowest BCUT2D eigenvalue weighted by Crippen LogP contribution is -2.49. The van der Waals surface area contributed by atoms with Gasteiger partial charge in [-0.25, -0.2) is 4.98 Å². The number of aryl methyl sites for hydroxylation is 1. The fraction of sp³-hybridized carbons (Fsp3) is 0.750. The molecule has 16 heavy (non-hydrogen) atoms. The van der Waals surface area contributed by atoms with Gasteiger partial charge < -0.3 is 0 Å². The molecule has 0 spiro atoms. The van der Waals surface area contributed by atoms with Crippen LogP contribution in [0.25, 0.3) is 0 Å². The van der Waals surface area contributed by atoms with Crippen LogP contribution in [0, 0.1) is 6.92 Å². The summed E-state index contributed by atoms with van der Waals surface area (Å²) in [4.78, 5) is 11.0. The van der Waals surface area contributed by atoms with Crippen LogP contribution in [0.15, 0.2) is 6.20 Å². The van der Waals surface area contributed by atoms with E-state index >= 15 is 0 Å². The van der Waals surface area contributed by atoms with E-state index in [2.05, 4.69) is 21.7 Å². The summed E-state index contributed by atoms with van der Waals surface area (Å²) in [6, 6.07) is 0.836. The molecule has 2 aliphatic rings. The molecule has 0 amide bonds. The average molecular weight is 237 g/mol.